The van der Waals surface area contributed by atoms with Gasteiger partial charge in [-0.15, -0.1) is 0 Å². The van der Waals surface area contributed by atoms with Crippen LogP contribution < -0.4 is 5.32 Å². The van der Waals surface area contributed by atoms with E-state index in [-0.39, 0.29) is 6.61 Å². The molecule has 1 saturated carbocycles. The molecule has 3 nitrogen and oxygen atoms in total. The van der Waals surface area contributed by atoms with Gasteiger partial charge in [0.2, 0.25) is 0 Å². The number of nitrogens with zero attached hydrogens (tertiary/aromatic N) is 1. The van der Waals surface area contributed by atoms with Gasteiger partial charge in [0, 0.05) is 25.2 Å². The van der Waals surface area contributed by atoms with E-state index in [4.69, 9.17) is 4.74 Å². The minimum Gasteiger partial charge on any atom is -0.371 e. The first-order valence-electron chi connectivity index (χ1n) is 7.16. The van der Waals surface area contributed by atoms with Gasteiger partial charge in [0.15, 0.2) is 0 Å². The van der Waals surface area contributed by atoms with Crippen molar-refractivity contribution in [2.45, 2.75) is 50.4 Å². The molecular weight excluding hydrogens is 257 g/mol. The topological polar surface area (TPSA) is 24.5 Å². The fourth-order valence-corrected chi connectivity index (χ4v) is 2.55. The SMILES string of the molecule is FC(F)(F)COCCN1CCCCC1CNC1CC1. The first kappa shape index (κ1) is 15.1. The second kappa shape index (κ2) is 6.90. The lowest BCUT2D eigenvalue weighted by Gasteiger charge is -2.35. The fraction of sp³-hybridized carbons (Fsp3) is 1.00. The molecule has 0 spiro atoms. The van der Waals surface area contributed by atoms with E-state index in [9.17, 15) is 13.2 Å². The van der Waals surface area contributed by atoms with Crippen LogP contribution in [0, 0.1) is 0 Å². The van der Waals surface area contributed by atoms with E-state index in [0.717, 1.165) is 25.9 Å². The third-order valence-corrected chi connectivity index (χ3v) is 3.76. The van der Waals surface area contributed by atoms with Gasteiger partial charge in [-0.05, 0) is 32.2 Å². The van der Waals surface area contributed by atoms with E-state index in [0.29, 0.717) is 18.6 Å². The molecule has 1 unspecified atom stereocenters. The molecule has 19 heavy (non-hydrogen) atoms. The van der Waals surface area contributed by atoms with Gasteiger partial charge in [-0.3, -0.25) is 4.90 Å². The highest BCUT2D eigenvalue weighted by atomic mass is 19.4. The number of rotatable bonds is 7. The number of hydrogen-bond donors (Lipinski definition) is 1. The normalized spacial score (nSPS) is 25.7. The third-order valence-electron chi connectivity index (χ3n) is 3.76. The van der Waals surface area contributed by atoms with Crippen molar-refractivity contribution in [1.29, 1.82) is 0 Å². The summed E-state index contributed by atoms with van der Waals surface area (Å²) in [4.78, 5) is 2.27. The fourth-order valence-electron chi connectivity index (χ4n) is 2.55. The van der Waals surface area contributed by atoms with Crippen molar-refractivity contribution in [2.24, 2.45) is 0 Å². The van der Waals surface area contributed by atoms with Crippen LogP contribution >= 0.6 is 0 Å². The first-order chi connectivity index (χ1) is 9.04. The molecule has 1 N–H and O–H groups in total. The van der Waals surface area contributed by atoms with E-state index >= 15 is 0 Å². The van der Waals surface area contributed by atoms with Crippen LogP contribution in [0.15, 0.2) is 0 Å². The largest absolute Gasteiger partial charge is 0.411 e. The summed E-state index contributed by atoms with van der Waals surface area (Å²) in [5.41, 5.74) is 0. The van der Waals surface area contributed by atoms with Crippen LogP contribution in [0.4, 0.5) is 13.2 Å². The standard InChI is InChI=1S/C13H23F3N2O/c14-13(15,16)10-19-8-7-18-6-2-1-3-12(18)9-17-11-4-5-11/h11-12,17H,1-10H2. The molecule has 1 aliphatic carbocycles. The molecule has 2 rings (SSSR count). The van der Waals surface area contributed by atoms with Gasteiger partial charge >= 0.3 is 6.18 Å². The summed E-state index contributed by atoms with van der Waals surface area (Å²) in [6.07, 6.45) is 1.81. The quantitative estimate of drug-likeness (QED) is 0.723. The van der Waals surface area contributed by atoms with Crippen molar-refractivity contribution in [3.8, 4) is 0 Å². The lowest BCUT2D eigenvalue weighted by Crippen LogP contribution is -2.47. The van der Waals surface area contributed by atoms with Gasteiger partial charge in [-0.25, -0.2) is 0 Å². The summed E-state index contributed by atoms with van der Waals surface area (Å²) in [6.45, 7) is 1.58. The van der Waals surface area contributed by atoms with Crippen LogP contribution in [-0.2, 0) is 4.74 Å². The Balaban J connectivity index is 1.63. The average molecular weight is 280 g/mol. The van der Waals surface area contributed by atoms with Gasteiger partial charge in [0.1, 0.15) is 6.61 Å². The van der Waals surface area contributed by atoms with E-state index in [1.165, 1.54) is 19.3 Å². The molecule has 2 aliphatic rings. The summed E-state index contributed by atoms with van der Waals surface area (Å²) >= 11 is 0. The summed E-state index contributed by atoms with van der Waals surface area (Å²) in [7, 11) is 0. The Morgan fingerprint density at radius 1 is 1.16 bits per heavy atom. The maximum absolute atomic E-state index is 12.0. The lowest BCUT2D eigenvalue weighted by molar-refractivity contribution is -0.175. The Labute approximate surface area is 112 Å². The lowest BCUT2D eigenvalue weighted by atomic mass is 10.0. The van der Waals surface area contributed by atoms with Crippen molar-refractivity contribution in [1.82, 2.24) is 10.2 Å². The van der Waals surface area contributed by atoms with E-state index in [1.54, 1.807) is 0 Å². The molecule has 1 heterocycles. The summed E-state index contributed by atoms with van der Waals surface area (Å²) in [5.74, 6) is 0. The molecule has 0 aromatic carbocycles. The van der Waals surface area contributed by atoms with Gasteiger partial charge in [-0.1, -0.05) is 6.42 Å². The molecular formula is C13H23F3N2O. The van der Waals surface area contributed by atoms with Gasteiger partial charge in [0.25, 0.3) is 0 Å². The molecule has 0 aromatic rings. The molecule has 6 heteroatoms. The minimum absolute atomic E-state index is 0.166. The summed E-state index contributed by atoms with van der Waals surface area (Å²) < 4.78 is 40.6. The Bertz CT molecular complexity index is 269. The monoisotopic (exact) mass is 280 g/mol. The predicted octanol–water partition coefficient (Wildman–Crippen LogP) is 2.17. The zero-order valence-electron chi connectivity index (χ0n) is 11.2. The molecule has 2 fully saturated rings. The number of nitrogens with one attached hydrogen (secondary N) is 1. The zero-order valence-corrected chi connectivity index (χ0v) is 11.2. The van der Waals surface area contributed by atoms with Crippen molar-refractivity contribution < 1.29 is 17.9 Å². The maximum Gasteiger partial charge on any atom is 0.411 e. The molecule has 0 bridgehead atoms. The van der Waals surface area contributed by atoms with Crippen LogP contribution in [0.1, 0.15) is 32.1 Å². The Morgan fingerprint density at radius 3 is 2.63 bits per heavy atom. The van der Waals surface area contributed by atoms with Crippen molar-refractivity contribution in [3.05, 3.63) is 0 Å². The molecule has 0 amide bonds. The number of likely N-dealkylation sites (tertiary alicyclic amines) is 1. The minimum atomic E-state index is -4.21. The second-order valence-electron chi connectivity index (χ2n) is 5.54. The predicted molar refractivity (Wildman–Crippen MR) is 67.1 cm³/mol. The zero-order chi connectivity index (χ0) is 13.7. The van der Waals surface area contributed by atoms with Crippen molar-refractivity contribution in [2.75, 3.05) is 32.8 Å². The number of alkyl halides is 3. The van der Waals surface area contributed by atoms with Crippen LogP contribution in [0.25, 0.3) is 0 Å². The average Bonchev–Trinajstić information content (AvgIpc) is 3.16. The molecule has 112 valence electrons. The Kier molecular flexibility index (Phi) is 5.47. The number of piperidine rings is 1. The Morgan fingerprint density at radius 2 is 1.95 bits per heavy atom. The second-order valence-corrected chi connectivity index (χ2v) is 5.54. The molecule has 0 aromatic heterocycles. The molecule has 1 atom stereocenters. The van der Waals surface area contributed by atoms with Crippen molar-refractivity contribution in [3.63, 3.8) is 0 Å². The first-order valence-corrected chi connectivity index (χ1v) is 7.16. The van der Waals surface area contributed by atoms with E-state index in [2.05, 4.69) is 10.2 Å². The third kappa shape index (κ3) is 6.10. The van der Waals surface area contributed by atoms with Crippen LogP contribution in [0.2, 0.25) is 0 Å². The highest BCUT2D eigenvalue weighted by Gasteiger charge is 2.28. The number of hydrogen-bond acceptors (Lipinski definition) is 3. The summed E-state index contributed by atoms with van der Waals surface area (Å²) in [6, 6.07) is 1.15. The van der Waals surface area contributed by atoms with Crippen LogP contribution in [0.5, 0.6) is 0 Å². The van der Waals surface area contributed by atoms with E-state index in [1.807, 2.05) is 0 Å². The highest BCUT2D eigenvalue weighted by molar-refractivity contribution is 4.85. The smallest absolute Gasteiger partial charge is 0.371 e. The Hall–Kier alpha value is -0.330. The van der Waals surface area contributed by atoms with Crippen LogP contribution in [-0.4, -0.2) is 56.0 Å². The van der Waals surface area contributed by atoms with Crippen LogP contribution in [0.3, 0.4) is 0 Å². The molecule has 0 radical (unpaired) electrons. The van der Waals surface area contributed by atoms with Crippen molar-refractivity contribution >= 4 is 0 Å². The summed E-state index contributed by atoms with van der Waals surface area (Å²) in [5, 5.41) is 3.51. The molecule has 1 saturated heterocycles. The van der Waals surface area contributed by atoms with E-state index < -0.39 is 12.8 Å². The molecule has 1 aliphatic heterocycles. The van der Waals surface area contributed by atoms with Gasteiger partial charge < -0.3 is 10.1 Å². The maximum atomic E-state index is 12.0. The highest BCUT2D eigenvalue weighted by Crippen LogP contribution is 2.21. The number of halogens is 3. The van der Waals surface area contributed by atoms with Gasteiger partial charge in [0.05, 0.1) is 6.61 Å². The van der Waals surface area contributed by atoms with Gasteiger partial charge in [-0.2, -0.15) is 13.2 Å². The number of ether oxygens (including phenoxy) is 1.